The van der Waals surface area contributed by atoms with Gasteiger partial charge in [-0.3, -0.25) is 0 Å². The predicted octanol–water partition coefficient (Wildman–Crippen LogP) is 1.40. The highest BCUT2D eigenvalue weighted by Gasteiger charge is 1.93. The van der Waals surface area contributed by atoms with Crippen molar-refractivity contribution in [2.75, 3.05) is 0 Å². The van der Waals surface area contributed by atoms with E-state index in [-0.39, 0.29) is 0 Å². The smallest absolute Gasteiger partial charge is 0.332 e. The Labute approximate surface area is 78.0 Å². The SMILES string of the molecule is NC(=O)NN=Cc1ccc(Cl)s1. The van der Waals surface area contributed by atoms with Gasteiger partial charge in [0.15, 0.2) is 0 Å². The van der Waals surface area contributed by atoms with Crippen molar-refractivity contribution in [2.24, 2.45) is 10.8 Å². The molecule has 1 aromatic rings. The molecule has 12 heavy (non-hydrogen) atoms. The number of nitrogens with zero attached hydrogens (tertiary/aromatic N) is 1. The summed E-state index contributed by atoms with van der Waals surface area (Å²) in [7, 11) is 0. The summed E-state index contributed by atoms with van der Waals surface area (Å²) in [6.07, 6.45) is 1.47. The van der Waals surface area contributed by atoms with Crippen LogP contribution in [0.15, 0.2) is 17.2 Å². The summed E-state index contributed by atoms with van der Waals surface area (Å²) in [5.41, 5.74) is 6.85. The molecule has 0 unspecified atom stereocenters. The van der Waals surface area contributed by atoms with Crippen LogP contribution in [0, 0.1) is 0 Å². The van der Waals surface area contributed by atoms with Crippen molar-refractivity contribution in [3.63, 3.8) is 0 Å². The summed E-state index contributed by atoms with van der Waals surface area (Å²) in [6, 6.07) is 2.85. The molecule has 1 aromatic heterocycles. The third-order valence-corrected chi connectivity index (χ3v) is 2.13. The van der Waals surface area contributed by atoms with Gasteiger partial charge in [-0.05, 0) is 12.1 Å². The summed E-state index contributed by atoms with van der Waals surface area (Å²) in [4.78, 5) is 11.0. The van der Waals surface area contributed by atoms with Gasteiger partial charge in [0.2, 0.25) is 0 Å². The van der Waals surface area contributed by atoms with Crippen LogP contribution >= 0.6 is 22.9 Å². The van der Waals surface area contributed by atoms with Crippen LogP contribution < -0.4 is 11.2 Å². The van der Waals surface area contributed by atoms with Crippen LogP contribution in [0.5, 0.6) is 0 Å². The molecule has 4 nitrogen and oxygen atoms in total. The van der Waals surface area contributed by atoms with Crippen LogP contribution in [0.25, 0.3) is 0 Å². The second kappa shape index (κ2) is 4.08. The minimum Gasteiger partial charge on any atom is -0.350 e. The monoisotopic (exact) mass is 203 g/mol. The van der Waals surface area contributed by atoms with Crippen molar-refractivity contribution in [1.82, 2.24) is 5.43 Å². The van der Waals surface area contributed by atoms with Crippen LogP contribution in [0.1, 0.15) is 4.88 Å². The topological polar surface area (TPSA) is 67.5 Å². The number of urea groups is 1. The minimum atomic E-state index is -0.686. The van der Waals surface area contributed by atoms with Crippen molar-refractivity contribution < 1.29 is 4.79 Å². The lowest BCUT2D eigenvalue weighted by atomic mass is 10.5. The maximum absolute atomic E-state index is 10.2. The van der Waals surface area contributed by atoms with E-state index in [1.54, 1.807) is 12.1 Å². The Balaban J connectivity index is 2.52. The lowest BCUT2D eigenvalue weighted by Gasteiger charge is -1.87. The van der Waals surface area contributed by atoms with Crippen LogP contribution in [0.4, 0.5) is 4.79 Å². The highest BCUT2D eigenvalue weighted by Crippen LogP contribution is 2.19. The van der Waals surface area contributed by atoms with E-state index in [9.17, 15) is 4.79 Å². The molecule has 2 amide bonds. The molecule has 0 fully saturated rings. The summed E-state index contributed by atoms with van der Waals surface area (Å²) in [6.45, 7) is 0. The van der Waals surface area contributed by atoms with Crippen molar-refractivity contribution in [2.45, 2.75) is 0 Å². The molecule has 0 aromatic carbocycles. The number of hydrogen-bond acceptors (Lipinski definition) is 3. The lowest BCUT2D eigenvalue weighted by Crippen LogP contribution is -2.24. The van der Waals surface area contributed by atoms with Crippen molar-refractivity contribution >= 4 is 35.2 Å². The van der Waals surface area contributed by atoms with Crippen LogP contribution in [-0.2, 0) is 0 Å². The van der Waals surface area contributed by atoms with E-state index >= 15 is 0 Å². The van der Waals surface area contributed by atoms with Gasteiger partial charge in [0.05, 0.1) is 10.6 Å². The van der Waals surface area contributed by atoms with Crippen LogP contribution in [0.3, 0.4) is 0 Å². The fourth-order valence-electron chi connectivity index (χ4n) is 0.557. The molecule has 64 valence electrons. The second-order valence-corrected chi connectivity index (χ2v) is 3.62. The summed E-state index contributed by atoms with van der Waals surface area (Å²) < 4.78 is 0.676. The van der Waals surface area contributed by atoms with Gasteiger partial charge in [-0.25, -0.2) is 10.2 Å². The van der Waals surface area contributed by atoms with Gasteiger partial charge in [0, 0.05) is 4.88 Å². The zero-order valence-electron chi connectivity index (χ0n) is 5.95. The van der Waals surface area contributed by atoms with E-state index in [1.165, 1.54) is 17.6 Å². The molecule has 1 rings (SSSR count). The third-order valence-electron chi connectivity index (χ3n) is 0.961. The van der Waals surface area contributed by atoms with Crippen LogP contribution in [-0.4, -0.2) is 12.2 Å². The largest absolute Gasteiger partial charge is 0.350 e. The Kier molecular flexibility index (Phi) is 3.07. The molecule has 0 aliphatic rings. The Bertz CT molecular complexity index is 309. The fraction of sp³-hybridized carbons (Fsp3) is 0. The molecule has 0 saturated heterocycles. The fourth-order valence-corrected chi connectivity index (χ4v) is 1.49. The quantitative estimate of drug-likeness (QED) is 0.554. The van der Waals surface area contributed by atoms with Gasteiger partial charge < -0.3 is 5.73 Å². The zero-order chi connectivity index (χ0) is 8.97. The molecular formula is C6H6ClN3OS. The highest BCUT2D eigenvalue weighted by atomic mass is 35.5. The van der Waals surface area contributed by atoms with Gasteiger partial charge in [-0.15, -0.1) is 11.3 Å². The molecule has 6 heteroatoms. The molecule has 0 radical (unpaired) electrons. The van der Waals surface area contributed by atoms with E-state index in [2.05, 4.69) is 10.5 Å². The number of rotatable bonds is 2. The van der Waals surface area contributed by atoms with E-state index in [1.807, 2.05) is 0 Å². The standard InChI is InChI=1S/C6H6ClN3OS/c7-5-2-1-4(12-5)3-9-10-6(8)11/h1-3H,(H3,8,10,11). The molecule has 1 heterocycles. The third kappa shape index (κ3) is 2.89. The zero-order valence-corrected chi connectivity index (χ0v) is 7.52. The number of primary amides is 1. The molecule has 0 saturated carbocycles. The van der Waals surface area contributed by atoms with Gasteiger partial charge in [-0.1, -0.05) is 11.6 Å². The van der Waals surface area contributed by atoms with Crippen LogP contribution in [0.2, 0.25) is 4.34 Å². The first-order chi connectivity index (χ1) is 5.68. The normalized spacial score (nSPS) is 10.4. The lowest BCUT2D eigenvalue weighted by molar-refractivity contribution is 0.249. The maximum Gasteiger partial charge on any atom is 0.332 e. The summed E-state index contributed by atoms with van der Waals surface area (Å²) >= 11 is 7.01. The minimum absolute atomic E-state index is 0.676. The Morgan fingerprint density at radius 1 is 1.75 bits per heavy atom. The highest BCUT2D eigenvalue weighted by molar-refractivity contribution is 7.17. The number of nitrogens with two attached hydrogens (primary N) is 1. The maximum atomic E-state index is 10.2. The van der Waals surface area contributed by atoms with Gasteiger partial charge >= 0.3 is 6.03 Å². The van der Waals surface area contributed by atoms with Crippen molar-refractivity contribution in [1.29, 1.82) is 0 Å². The number of hydrogen-bond donors (Lipinski definition) is 2. The predicted molar refractivity (Wildman–Crippen MR) is 49.6 cm³/mol. The molecular weight excluding hydrogens is 198 g/mol. The Hall–Kier alpha value is -1.07. The number of amides is 2. The average molecular weight is 204 g/mol. The van der Waals surface area contributed by atoms with Gasteiger partial charge in [0.1, 0.15) is 0 Å². The Morgan fingerprint density at radius 3 is 3.00 bits per heavy atom. The van der Waals surface area contributed by atoms with E-state index in [0.717, 1.165) is 4.88 Å². The molecule has 0 aliphatic heterocycles. The van der Waals surface area contributed by atoms with Crippen molar-refractivity contribution in [3.8, 4) is 0 Å². The first-order valence-corrected chi connectivity index (χ1v) is 4.22. The number of carbonyl (C=O) groups excluding carboxylic acids is 1. The first-order valence-electron chi connectivity index (χ1n) is 3.02. The summed E-state index contributed by atoms with van der Waals surface area (Å²) in [5, 5.41) is 3.56. The molecule has 3 N–H and O–H groups in total. The molecule has 0 bridgehead atoms. The number of hydrazone groups is 1. The average Bonchev–Trinajstić information content (AvgIpc) is 2.35. The number of thiophene rings is 1. The van der Waals surface area contributed by atoms with Gasteiger partial charge in [-0.2, -0.15) is 5.10 Å². The molecule has 0 atom stereocenters. The molecule has 0 spiro atoms. The molecule has 0 aliphatic carbocycles. The van der Waals surface area contributed by atoms with E-state index in [4.69, 9.17) is 17.3 Å². The second-order valence-electron chi connectivity index (χ2n) is 1.88. The number of halogens is 1. The first kappa shape index (κ1) is 9.02. The van der Waals surface area contributed by atoms with Gasteiger partial charge in [0.25, 0.3) is 0 Å². The van der Waals surface area contributed by atoms with Crippen molar-refractivity contribution in [3.05, 3.63) is 21.3 Å². The number of carbonyl (C=O) groups is 1. The summed E-state index contributed by atoms with van der Waals surface area (Å²) in [5.74, 6) is 0. The number of nitrogens with one attached hydrogen (secondary N) is 1. The van der Waals surface area contributed by atoms with E-state index < -0.39 is 6.03 Å². The van der Waals surface area contributed by atoms with E-state index in [0.29, 0.717) is 4.34 Å². The Morgan fingerprint density at radius 2 is 2.50 bits per heavy atom.